The highest BCUT2D eigenvalue weighted by Crippen LogP contribution is 2.33. The van der Waals surface area contributed by atoms with Gasteiger partial charge in [0.15, 0.2) is 6.04 Å². The number of halogens is 4. The van der Waals surface area contributed by atoms with Gasteiger partial charge >= 0.3 is 6.18 Å². The number of nitrogens with zero attached hydrogens (tertiary/aromatic N) is 1. The van der Waals surface area contributed by atoms with Gasteiger partial charge in [0, 0.05) is 31.0 Å². The second kappa shape index (κ2) is 7.21. The van der Waals surface area contributed by atoms with Gasteiger partial charge in [0.1, 0.15) is 0 Å². The Bertz CT molecular complexity index is 575. The number of amides is 2. The number of carbonyl (C=O) groups excluding carboxylic acids is 2. The van der Waals surface area contributed by atoms with Gasteiger partial charge in [0.25, 0.3) is 0 Å². The highest BCUT2D eigenvalue weighted by molar-refractivity contribution is 6.30. The molecule has 1 fully saturated rings. The Kier molecular flexibility index (Phi) is 5.51. The Labute approximate surface area is 136 Å². The van der Waals surface area contributed by atoms with E-state index >= 15 is 0 Å². The first-order valence-corrected chi connectivity index (χ1v) is 7.54. The van der Waals surface area contributed by atoms with E-state index in [1.165, 1.54) is 29.2 Å². The lowest BCUT2D eigenvalue weighted by Crippen LogP contribution is -2.39. The molecular formula is C15H16ClF3N2O2. The molecule has 2 rings (SSSR count). The number of nitrogens with one attached hydrogen (secondary N) is 1. The maximum Gasteiger partial charge on any atom is 0.412 e. The zero-order valence-electron chi connectivity index (χ0n) is 12.2. The summed E-state index contributed by atoms with van der Waals surface area (Å²) in [6.45, 7) is 0.682. The van der Waals surface area contributed by atoms with Crippen LogP contribution in [-0.2, 0) is 9.59 Å². The molecule has 23 heavy (non-hydrogen) atoms. The summed E-state index contributed by atoms with van der Waals surface area (Å²) in [4.78, 5) is 24.7. The molecule has 0 bridgehead atoms. The van der Waals surface area contributed by atoms with Gasteiger partial charge in [-0.05, 0) is 24.1 Å². The maximum absolute atomic E-state index is 13.2. The zero-order chi connectivity index (χ0) is 17.0. The minimum absolute atomic E-state index is 0.0668. The van der Waals surface area contributed by atoms with Crippen LogP contribution in [0.25, 0.3) is 0 Å². The standard InChI is InChI=1S/C15H16ClF3N2O2/c16-11-5-3-10(4-6-11)14(15(17,18)19)20-12(22)7-9-21-8-1-2-13(21)23/h3-6,14H,1-2,7-9H2,(H,20,22)/t14-/m0/s1. The summed E-state index contributed by atoms with van der Waals surface area (Å²) in [7, 11) is 0. The summed E-state index contributed by atoms with van der Waals surface area (Å²) in [6, 6.07) is 3.03. The van der Waals surface area contributed by atoms with Crippen molar-refractivity contribution in [2.24, 2.45) is 0 Å². The molecule has 0 unspecified atom stereocenters. The minimum atomic E-state index is -4.62. The summed E-state index contributed by atoms with van der Waals surface area (Å²) < 4.78 is 39.5. The van der Waals surface area contributed by atoms with E-state index in [4.69, 9.17) is 11.6 Å². The summed E-state index contributed by atoms with van der Waals surface area (Å²) in [6.07, 6.45) is -3.63. The smallest absolute Gasteiger partial charge is 0.342 e. The molecule has 0 spiro atoms. The first-order valence-electron chi connectivity index (χ1n) is 7.16. The van der Waals surface area contributed by atoms with Crippen LogP contribution >= 0.6 is 11.6 Å². The van der Waals surface area contributed by atoms with E-state index in [-0.39, 0.29) is 24.4 Å². The van der Waals surface area contributed by atoms with E-state index in [0.29, 0.717) is 18.0 Å². The fourth-order valence-corrected chi connectivity index (χ4v) is 2.55. The Morgan fingerprint density at radius 1 is 1.30 bits per heavy atom. The average Bonchev–Trinajstić information content (AvgIpc) is 2.88. The van der Waals surface area contributed by atoms with Gasteiger partial charge in [-0.25, -0.2) is 0 Å². The van der Waals surface area contributed by atoms with Gasteiger partial charge in [0.2, 0.25) is 11.8 Å². The fraction of sp³-hybridized carbons (Fsp3) is 0.467. The maximum atomic E-state index is 13.2. The van der Waals surface area contributed by atoms with Gasteiger partial charge in [-0.2, -0.15) is 13.2 Å². The van der Waals surface area contributed by atoms with Crippen LogP contribution in [0.15, 0.2) is 24.3 Å². The van der Waals surface area contributed by atoms with E-state index < -0.39 is 18.1 Å². The molecule has 2 amide bonds. The quantitative estimate of drug-likeness (QED) is 0.889. The first-order chi connectivity index (χ1) is 10.8. The molecule has 1 saturated heterocycles. The largest absolute Gasteiger partial charge is 0.412 e. The molecule has 0 aromatic heterocycles. The second-order valence-electron chi connectivity index (χ2n) is 5.33. The number of hydrogen-bond donors (Lipinski definition) is 1. The lowest BCUT2D eigenvalue weighted by Gasteiger charge is -2.23. The van der Waals surface area contributed by atoms with Crippen LogP contribution in [0, 0.1) is 0 Å². The second-order valence-corrected chi connectivity index (χ2v) is 5.76. The Morgan fingerprint density at radius 3 is 2.48 bits per heavy atom. The first kappa shape index (κ1) is 17.6. The Balaban J connectivity index is 1.98. The monoisotopic (exact) mass is 348 g/mol. The van der Waals surface area contributed by atoms with Gasteiger partial charge in [-0.1, -0.05) is 23.7 Å². The van der Waals surface area contributed by atoms with Gasteiger partial charge < -0.3 is 10.2 Å². The number of rotatable bonds is 5. The predicted molar refractivity (Wildman–Crippen MR) is 78.8 cm³/mol. The topological polar surface area (TPSA) is 49.4 Å². The van der Waals surface area contributed by atoms with Crippen molar-refractivity contribution in [3.05, 3.63) is 34.9 Å². The highest BCUT2D eigenvalue weighted by atomic mass is 35.5. The van der Waals surface area contributed by atoms with Gasteiger partial charge in [-0.15, -0.1) is 0 Å². The molecule has 0 aliphatic carbocycles. The molecule has 4 nitrogen and oxygen atoms in total. The van der Waals surface area contributed by atoms with Crippen LogP contribution in [0.2, 0.25) is 5.02 Å². The van der Waals surface area contributed by atoms with Crippen molar-refractivity contribution in [3.8, 4) is 0 Å². The summed E-state index contributed by atoms with van der Waals surface area (Å²) >= 11 is 5.67. The molecule has 1 aliphatic rings. The van der Waals surface area contributed by atoms with Crippen molar-refractivity contribution in [1.29, 1.82) is 0 Å². The van der Waals surface area contributed by atoms with E-state index in [2.05, 4.69) is 0 Å². The molecule has 8 heteroatoms. The van der Waals surface area contributed by atoms with Crippen molar-refractivity contribution in [1.82, 2.24) is 10.2 Å². The van der Waals surface area contributed by atoms with Crippen LogP contribution < -0.4 is 5.32 Å². The number of carbonyl (C=O) groups is 2. The highest BCUT2D eigenvalue weighted by Gasteiger charge is 2.41. The zero-order valence-corrected chi connectivity index (χ0v) is 13.0. The van der Waals surface area contributed by atoms with E-state index in [1.54, 1.807) is 0 Å². The number of hydrogen-bond acceptors (Lipinski definition) is 2. The molecule has 0 radical (unpaired) electrons. The third-order valence-electron chi connectivity index (χ3n) is 3.62. The SMILES string of the molecule is O=C(CCN1CCCC1=O)N[C@@H](c1ccc(Cl)cc1)C(F)(F)F. The summed E-state index contributed by atoms with van der Waals surface area (Å²) in [5, 5.41) is 2.30. The van der Waals surface area contributed by atoms with Crippen LogP contribution in [0.1, 0.15) is 30.9 Å². The Hall–Kier alpha value is -1.76. The van der Waals surface area contributed by atoms with Crippen molar-refractivity contribution in [2.45, 2.75) is 31.5 Å². The molecule has 0 saturated carbocycles. The Morgan fingerprint density at radius 2 is 1.96 bits per heavy atom. The minimum Gasteiger partial charge on any atom is -0.342 e. The normalized spacial score (nSPS) is 16.5. The molecular weight excluding hydrogens is 333 g/mol. The molecule has 1 aromatic carbocycles. The van der Waals surface area contributed by atoms with Crippen LogP contribution in [0.5, 0.6) is 0 Å². The number of benzene rings is 1. The molecule has 1 aromatic rings. The number of alkyl halides is 3. The molecule has 1 N–H and O–H groups in total. The van der Waals surface area contributed by atoms with E-state index in [9.17, 15) is 22.8 Å². The molecule has 1 heterocycles. The van der Waals surface area contributed by atoms with Crippen molar-refractivity contribution >= 4 is 23.4 Å². The van der Waals surface area contributed by atoms with Crippen molar-refractivity contribution in [3.63, 3.8) is 0 Å². The van der Waals surface area contributed by atoms with E-state index in [0.717, 1.165) is 6.42 Å². The summed E-state index contributed by atoms with van der Waals surface area (Å²) in [5.74, 6) is -0.815. The molecule has 126 valence electrons. The number of likely N-dealkylation sites (tertiary alicyclic amines) is 1. The van der Waals surface area contributed by atoms with Crippen molar-refractivity contribution in [2.75, 3.05) is 13.1 Å². The van der Waals surface area contributed by atoms with Crippen molar-refractivity contribution < 1.29 is 22.8 Å². The third-order valence-corrected chi connectivity index (χ3v) is 3.87. The van der Waals surface area contributed by atoms with Crippen LogP contribution in [0.3, 0.4) is 0 Å². The lowest BCUT2D eigenvalue weighted by molar-refractivity contribution is -0.163. The average molecular weight is 349 g/mol. The van der Waals surface area contributed by atoms with Crippen LogP contribution in [-0.4, -0.2) is 36.0 Å². The van der Waals surface area contributed by atoms with E-state index in [1.807, 2.05) is 5.32 Å². The summed E-state index contributed by atoms with van der Waals surface area (Å²) in [5.41, 5.74) is -0.0903. The predicted octanol–water partition coefficient (Wildman–Crippen LogP) is 3.07. The third kappa shape index (κ3) is 4.86. The lowest BCUT2D eigenvalue weighted by atomic mass is 10.1. The fourth-order valence-electron chi connectivity index (χ4n) is 2.42. The van der Waals surface area contributed by atoms with Crippen LogP contribution in [0.4, 0.5) is 13.2 Å². The molecule has 1 atom stereocenters. The molecule has 1 aliphatic heterocycles. The van der Waals surface area contributed by atoms with Gasteiger partial charge in [0.05, 0.1) is 0 Å². The van der Waals surface area contributed by atoms with Gasteiger partial charge in [-0.3, -0.25) is 9.59 Å².